The van der Waals surface area contributed by atoms with Crippen LogP contribution in [0.15, 0.2) is 24.3 Å². The third kappa shape index (κ3) is 8.82. The fourth-order valence-electron chi connectivity index (χ4n) is 3.46. The standard InChI is InChI=1S/C23H43NP2/c1-8-15-25(16-9-2)18-19-26(17-10-3)24(23(5,6)7)20-22-13-11-21(4)12-14-22/h11-14H,8-10,15-20H2,1-7H3. The molecular weight excluding hydrogens is 352 g/mol. The number of hydrogen-bond acceptors (Lipinski definition) is 1. The molecule has 0 aromatic heterocycles. The van der Waals surface area contributed by atoms with E-state index in [0.717, 1.165) is 6.54 Å². The van der Waals surface area contributed by atoms with Crippen molar-refractivity contribution >= 4 is 16.0 Å². The molecular formula is C23H43NP2. The highest BCUT2D eigenvalue weighted by molar-refractivity contribution is 7.60. The van der Waals surface area contributed by atoms with E-state index < -0.39 is 0 Å². The molecule has 1 nitrogen and oxygen atoms in total. The third-order valence-corrected chi connectivity index (χ3v) is 11.3. The summed E-state index contributed by atoms with van der Waals surface area (Å²) in [6, 6.07) is 9.18. The molecule has 1 unspecified atom stereocenters. The lowest BCUT2D eigenvalue weighted by molar-refractivity contribution is 0.256. The minimum absolute atomic E-state index is 0.0480. The molecule has 0 saturated carbocycles. The van der Waals surface area contributed by atoms with E-state index in [1.54, 1.807) is 0 Å². The predicted octanol–water partition coefficient (Wildman–Crippen LogP) is 7.70. The Kier molecular flexibility index (Phi) is 11.6. The van der Waals surface area contributed by atoms with Gasteiger partial charge in [0.25, 0.3) is 0 Å². The lowest BCUT2D eigenvalue weighted by Crippen LogP contribution is -2.38. The highest BCUT2D eigenvalue weighted by atomic mass is 31.1. The Balaban J connectivity index is 2.88. The van der Waals surface area contributed by atoms with Crippen LogP contribution in [0.4, 0.5) is 0 Å². The van der Waals surface area contributed by atoms with E-state index in [-0.39, 0.29) is 21.5 Å². The van der Waals surface area contributed by atoms with Gasteiger partial charge >= 0.3 is 0 Å². The van der Waals surface area contributed by atoms with Crippen molar-refractivity contribution in [3.05, 3.63) is 35.4 Å². The topological polar surface area (TPSA) is 3.24 Å². The second kappa shape index (κ2) is 12.5. The van der Waals surface area contributed by atoms with Crippen molar-refractivity contribution < 1.29 is 0 Å². The summed E-state index contributed by atoms with van der Waals surface area (Å²) in [5, 5.41) is 0. The zero-order chi connectivity index (χ0) is 19.6. The Labute approximate surface area is 166 Å². The molecule has 0 aliphatic carbocycles. The molecule has 0 aliphatic heterocycles. The average Bonchev–Trinajstić information content (AvgIpc) is 2.57. The third-order valence-electron chi connectivity index (χ3n) is 4.80. The number of nitrogens with zero attached hydrogens (tertiary/aromatic N) is 1. The highest BCUT2D eigenvalue weighted by Gasteiger charge is 2.28. The van der Waals surface area contributed by atoms with Crippen LogP contribution in [0.1, 0.15) is 71.9 Å². The lowest BCUT2D eigenvalue weighted by atomic mass is 10.1. The molecule has 0 spiro atoms. The number of benzene rings is 1. The lowest BCUT2D eigenvalue weighted by Gasteiger charge is -2.42. The van der Waals surface area contributed by atoms with E-state index in [9.17, 15) is 0 Å². The second-order valence-corrected chi connectivity index (χ2v) is 13.6. The van der Waals surface area contributed by atoms with Gasteiger partial charge in [-0.1, -0.05) is 69.9 Å². The molecule has 0 amide bonds. The van der Waals surface area contributed by atoms with Gasteiger partial charge in [0.15, 0.2) is 0 Å². The molecule has 1 rings (SSSR count). The first-order valence-electron chi connectivity index (χ1n) is 10.6. The minimum atomic E-state index is -0.0480. The first-order valence-corrected chi connectivity index (χ1v) is 14.2. The maximum absolute atomic E-state index is 2.85. The molecule has 1 aromatic carbocycles. The van der Waals surface area contributed by atoms with Crippen molar-refractivity contribution in [2.24, 2.45) is 0 Å². The van der Waals surface area contributed by atoms with E-state index >= 15 is 0 Å². The molecule has 0 fully saturated rings. The quantitative estimate of drug-likeness (QED) is 0.328. The smallest absolute Gasteiger partial charge is 0.0278 e. The average molecular weight is 396 g/mol. The van der Waals surface area contributed by atoms with Gasteiger partial charge in [-0.3, -0.25) is 4.67 Å². The molecule has 0 heterocycles. The first kappa shape index (κ1) is 24.1. The summed E-state index contributed by atoms with van der Waals surface area (Å²) in [5.74, 6) is 0. The van der Waals surface area contributed by atoms with Gasteiger partial charge in [0, 0.05) is 12.1 Å². The molecule has 0 N–H and O–H groups in total. The summed E-state index contributed by atoms with van der Waals surface area (Å²) in [7, 11) is 0.213. The van der Waals surface area contributed by atoms with E-state index in [4.69, 9.17) is 0 Å². The van der Waals surface area contributed by atoms with Gasteiger partial charge in [-0.05, 0) is 72.1 Å². The largest absolute Gasteiger partial charge is 0.272 e. The van der Waals surface area contributed by atoms with Gasteiger partial charge in [0.1, 0.15) is 0 Å². The maximum Gasteiger partial charge on any atom is 0.0278 e. The summed E-state index contributed by atoms with van der Waals surface area (Å²) < 4.78 is 2.85. The van der Waals surface area contributed by atoms with E-state index in [2.05, 4.69) is 77.4 Å². The van der Waals surface area contributed by atoms with Gasteiger partial charge in [-0.15, -0.1) is 7.92 Å². The molecule has 1 atom stereocenters. The van der Waals surface area contributed by atoms with Crippen LogP contribution in [0.3, 0.4) is 0 Å². The molecule has 3 heteroatoms. The van der Waals surface area contributed by atoms with Gasteiger partial charge in [0.2, 0.25) is 0 Å². The summed E-state index contributed by atoms with van der Waals surface area (Å²) >= 11 is 0. The van der Waals surface area contributed by atoms with Crippen molar-refractivity contribution in [2.75, 3.05) is 30.8 Å². The zero-order valence-corrected chi connectivity index (χ0v) is 20.3. The molecule has 0 radical (unpaired) electrons. The van der Waals surface area contributed by atoms with Crippen LogP contribution in [0.5, 0.6) is 0 Å². The Morgan fingerprint density at radius 1 is 0.769 bits per heavy atom. The molecule has 150 valence electrons. The fourth-order valence-corrected chi connectivity index (χ4v) is 9.89. The van der Waals surface area contributed by atoms with Gasteiger partial charge in [-0.25, -0.2) is 0 Å². The van der Waals surface area contributed by atoms with Crippen LogP contribution in [0.2, 0.25) is 0 Å². The molecule has 0 bridgehead atoms. The Bertz CT molecular complexity index is 472. The molecule has 26 heavy (non-hydrogen) atoms. The number of aryl methyl sites for hydroxylation is 1. The monoisotopic (exact) mass is 395 g/mol. The maximum atomic E-state index is 2.85. The van der Waals surface area contributed by atoms with Crippen LogP contribution in [-0.2, 0) is 6.54 Å². The van der Waals surface area contributed by atoms with Crippen LogP contribution >= 0.6 is 16.0 Å². The summed E-state index contributed by atoms with van der Waals surface area (Å²) in [6.07, 6.45) is 11.3. The molecule has 1 aromatic rings. The van der Waals surface area contributed by atoms with Gasteiger partial charge in [-0.2, -0.15) is 0 Å². The molecule has 0 saturated heterocycles. The Hall–Kier alpha value is 0.0400. The van der Waals surface area contributed by atoms with Gasteiger partial charge in [0.05, 0.1) is 0 Å². The predicted molar refractivity (Wildman–Crippen MR) is 126 cm³/mol. The fraction of sp³-hybridized carbons (Fsp3) is 0.739. The van der Waals surface area contributed by atoms with Crippen LogP contribution in [-0.4, -0.2) is 41.0 Å². The SMILES string of the molecule is CCCP(CCC)CCP(CCC)N(Cc1ccc(C)cc1)C(C)(C)C. The van der Waals surface area contributed by atoms with E-state index in [0.29, 0.717) is 0 Å². The van der Waals surface area contributed by atoms with Crippen LogP contribution in [0, 0.1) is 6.92 Å². The Morgan fingerprint density at radius 3 is 1.77 bits per heavy atom. The first-order chi connectivity index (χ1) is 12.3. The van der Waals surface area contributed by atoms with Crippen molar-refractivity contribution in [1.29, 1.82) is 0 Å². The van der Waals surface area contributed by atoms with E-state index in [1.807, 2.05) is 0 Å². The van der Waals surface area contributed by atoms with Crippen LogP contribution in [0.25, 0.3) is 0 Å². The minimum Gasteiger partial charge on any atom is -0.272 e. The molecule has 0 aliphatic rings. The normalized spacial score (nSPS) is 13.6. The highest BCUT2D eigenvalue weighted by Crippen LogP contribution is 2.50. The number of rotatable bonds is 12. The summed E-state index contributed by atoms with van der Waals surface area (Å²) in [5.41, 5.74) is 3.07. The van der Waals surface area contributed by atoms with E-state index in [1.165, 1.54) is 61.2 Å². The van der Waals surface area contributed by atoms with Crippen LogP contribution < -0.4 is 0 Å². The second-order valence-electron chi connectivity index (χ2n) is 8.51. The van der Waals surface area contributed by atoms with Crippen molar-refractivity contribution in [2.45, 2.75) is 79.8 Å². The zero-order valence-electron chi connectivity index (χ0n) is 18.5. The summed E-state index contributed by atoms with van der Waals surface area (Å²) in [6.45, 7) is 17.6. The van der Waals surface area contributed by atoms with Crippen molar-refractivity contribution in [3.63, 3.8) is 0 Å². The summed E-state index contributed by atoms with van der Waals surface area (Å²) in [4.78, 5) is 0. The van der Waals surface area contributed by atoms with Gasteiger partial charge < -0.3 is 0 Å². The Morgan fingerprint density at radius 2 is 1.31 bits per heavy atom. The number of hydrogen-bond donors (Lipinski definition) is 0. The van der Waals surface area contributed by atoms with Crippen molar-refractivity contribution in [3.8, 4) is 0 Å². The van der Waals surface area contributed by atoms with Crippen molar-refractivity contribution in [1.82, 2.24) is 4.67 Å².